The maximum absolute atomic E-state index is 14.3. The molecule has 2 aliphatic rings. The standard InChI is InChI=1S/C15H13BrFN3O3/c1-19-13-12(14(22)20(2)15(19)23)9(6-11(21)18-13)8-5-7(16)3-4-10(8)17/h3-5,9,12H,6H2,1-2H3. The number of hydrogen-bond donors (Lipinski definition) is 0. The highest BCUT2D eigenvalue weighted by Crippen LogP contribution is 2.39. The van der Waals surface area contributed by atoms with Gasteiger partial charge in [0.25, 0.3) is 0 Å². The average Bonchev–Trinajstić information content (AvgIpc) is 2.52. The van der Waals surface area contributed by atoms with Crippen molar-refractivity contribution < 1.29 is 18.8 Å². The summed E-state index contributed by atoms with van der Waals surface area (Å²) < 4.78 is 14.9. The van der Waals surface area contributed by atoms with Crippen LogP contribution in [0.4, 0.5) is 9.18 Å². The molecule has 0 saturated carbocycles. The van der Waals surface area contributed by atoms with E-state index < -0.39 is 35.5 Å². The Hall–Kier alpha value is -2.09. The fourth-order valence-corrected chi connectivity index (χ4v) is 3.39. The largest absolute Gasteiger partial charge is 0.331 e. The summed E-state index contributed by atoms with van der Waals surface area (Å²) in [7, 11) is 2.81. The Morgan fingerprint density at radius 1 is 1.22 bits per heavy atom. The summed E-state index contributed by atoms with van der Waals surface area (Å²) in [4.78, 5) is 42.5. The Morgan fingerprint density at radius 2 is 1.91 bits per heavy atom. The fraction of sp³-hybridized carbons (Fsp3) is 0.333. The SMILES string of the molecule is CN1C(=O)C2C(=NC(=O)CC2c2cc(Br)ccc2F)N(C)C1=O. The molecule has 1 saturated heterocycles. The van der Waals surface area contributed by atoms with E-state index in [1.165, 1.54) is 25.1 Å². The van der Waals surface area contributed by atoms with Crippen LogP contribution in [0.1, 0.15) is 17.9 Å². The first kappa shape index (κ1) is 15.8. The number of carbonyl (C=O) groups is 3. The lowest BCUT2D eigenvalue weighted by Crippen LogP contribution is -2.59. The number of urea groups is 1. The van der Waals surface area contributed by atoms with Crippen molar-refractivity contribution in [3.05, 3.63) is 34.1 Å². The third-order valence-electron chi connectivity index (χ3n) is 4.19. The zero-order valence-electron chi connectivity index (χ0n) is 12.4. The maximum Gasteiger partial charge on any atom is 0.331 e. The molecule has 0 radical (unpaired) electrons. The van der Waals surface area contributed by atoms with Crippen molar-refractivity contribution in [3.8, 4) is 0 Å². The molecule has 2 unspecified atom stereocenters. The molecule has 2 aliphatic heterocycles. The molecule has 8 heteroatoms. The van der Waals surface area contributed by atoms with Gasteiger partial charge in [-0.15, -0.1) is 0 Å². The van der Waals surface area contributed by atoms with Crippen LogP contribution in [0.5, 0.6) is 0 Å². The number of hydrogen-bond acceptors (Lipinski definition) is 3. The number of amides is 4. The maximum atomic E-state index is 14.3. The van der Waals surface area contributed by atoms with E-state index in [-0.39, 0.29) is 17.8 Å². The smallest absolute Gasteiger partial charge is 0.284 e. The Bertz CT molecular complexity index is 764. The summed E-state index contributed by atoms with van der Waals surface area (Å²) in [6.07, 6.45) is -0.0802. The Morgan fingerprint density at radius 3 is 2.61 bits per heavy atom. The lowest BCUT2D eigenvalue weighted by molar-refractivity contribution is -0.132. The van der Waals surface area contributed by atoms with Gasteiger partial charge in [0.2, 0.25) is 11.8 Å². The van der Waals surface area contributed by atoms with Crippen LogP contribution < -0.4 is 0 Å². The second-order valence-corrected chi connectivity index (χ2v) is 6.47. The van der Waals surface area contributed by atoms with Gasteiger partial charge in [-0.2, -0.15) is 4.99 Å². The number of nitrogens with zero attached hydrogens (tertiary/aromatic N) is 3. The van der Waals surface area contributed by atoms with Gasteiger partial charge in [-0.1, -0.05) is 15.9 Å². The lowest BCUT2D eigenvalue weighted by Gasteiger charge is -2.40. The third-order valence-corrected chi connectivity index (χ3v) is 4.68. The van der Waals surface area contributed by atoms with Crippen molar-refractivity contribution in [1.29, 1.82) is 0 Å². The number of amidine groups is 1. The predicted octanol–water partition coefficient (Wildman–Crippen LogP) is 2.14. The highest BCUT2D eigenvalue weighted by atomic mass is 79.9. The van der Waals surface area contributed by atoms with E-state index in [2.05, 4.69) is 20.9 Å². The number of halogens is 2. The van der Waals surface area contributed by atoms with E-state index in [1.54, 1.807) is 12.1 Å². The molecule has 1 aromatic carbocycles. The van der Waals surface area contributed by atoms with E-state index in [0.717, 1.165) is 4.90 Å². The predicted molar refractivity (Wildman–Crippen MR) is 83.3 cm³/mol. The van der Waals surface area contributed by atoms with Crippen molar-refractivity contribution >= 4 is 39.6 Å². The van der Waals surface area contributed by atoms with Crippen LogP contribution in [0.3, 0.4) is 0 Å². The van der Waals surface area contributed by atoms with Crippen LogP contribution >= 0.6 is 15.9 Å². The van der Waals surface area contributed by atoms with E-state index in [9.17, 15) is 18.8 Å². The van der Waals surface area contributed by atoms with Crippen molar-refractivity contribution in [3.63, 3.8) is 0 Å². The number of aliphatic imine (C=N–C) groups is 1. The first-order valence-electron chi connectivity index (χ1n) is 6.93. The van der Waals surface area contributed by atoms with Crippen molar-refractivity contribution in [2.45, 2.75) is 12.3 Å². The molecular weight excluding hydrogens is 369 g/mol. The molecule has 1 aromatic rings. The number of rotatable bonds is 1. The molecule has 0 aliphatic carbocycles. The molecule has 4 amide bonds. The summed E-state index contributed by atoms with van der Waals surface area (Å²) in [5.41, 5.74) is 0.259. The van der Waals surface area contributed by atoms with Crippen molar-refractivity contribution in [2.24, 2.45) is 10.9 Å². The van der Waals surface area contributed by atoms with Gasteiger partial charge in [-0.25, -0.2) is 9.18 Å². The summed E-state index contributed by atoms with van der Waals surface area (Å²) >= 11 is 3.27. The normalized spacial score (nSPS) is 24.7. The second-order valence-electron chi connectivity index (χ2n) is 5.56. The molecule has 0 aromatic heterocycles. The van der Waals surface area contributed by atoms with Gasteiger partial charge in [0, 0.05) is 30.9 Å². The first-order valence-corrected chi connectivity index (χ1v) is 7.72. The van der Waals surface area contributed by atoms with Gasteiger partial charge < -0.3 is 0 Å². The summed E-state index contributed by atoms with van der Waals surface area (Å²) in [5.74, 6) is -2.93. The minimum Gasteiger partial charge on any atom is -0.284 e. The monoisotopic (exact) mass is 381 g/mol. The fourth-order valence-electron chi connectivity index (χ4n) is 3.01. The van der Waals surface area contributed by atoms with Gasteiger partial charge in [-0.05, 0) is 23.8 Å². The van der Waals surface area contributed by atoms with Crippen molar-refractivity contribution in [1.82, 2.24) is 9.80 Å². The van der Waals surface area contributed by atoms with Crippen LogP contribution in [0.15, 0.2) is 27.7 Å². The molecule has 0 N–H and O–H groups in total. The summed E-state index contributed by atoms with van der Waals surface area (Å²) in [5, 5.41) is 0. The Kier molecular flexibility index (Phi) is 3.79. The van der Waals surface area contributed by atoms with Gasteiger partial charge in [0.05, 0.1) is 0 Å². The molecule has 1 fully saturated rings. The molecule has 6 nitrogen and oxygen atoms in total. The van der Waals surface area contributed by atoms with E-state index in [4.69, 9.17) is 0 Å². The molecular formula is C15H13BrFN3O3. The van der Waals surface area contributed by atoms with Crippen LogP contribution in [-0.4, -0.2) is 47.6 Å². The first-order chi connectivity index (χ1) is 10.8. The molecule has 0 bridgehead atoms. The highest BCUT2D eigenvalue weighted by molar-refractivity contribution is 9.10. The molecule has 120 valence electrons. The van der Waals surface area contributed by atoms with Gasteiger partial charge >= 0.3 is 6.03 Å². The number of fused-ring (bicyclic) bond motifs is 1. The van der Waals surface area contributed by atoms with Crippen LogP contribution in [-0.2, 0) is 9.59 Å². The van der Waals surface area contributed by atoms with E-state index >= 15 is 0 Å². The summed E-state index contributed by atoms with van der Waals surface area (Å²) in [6, 6.07) is 3.82. The third kappa shape index (κ3) is 2.46. The zero-order valence-corrected chi connectivity index (χ0v) is 14.0. The quantitative estimate of drug-likeness (QED) is 0.748. The van der Waals surface area contributed by atoms with Crippen LogP contribution in [0, 0.1) is 11.7 Å². The Labute approximate surface area is 140 Å². The average molecular weight is 382 g/mol. The minimum absolute atomic E-state index is 0.0802. The number of benzene rings is 1. The number of imide groups is 1. The molecule has 3 rings (SSSR count). The van der Waals surface area contributed by atoms with Crippen LogP contribution in [0.25, 0.3) is 0 Å². The van der Waals surface area contributed by atoms with Gasteiger partial charge in [0.1, 0.15) is 17.6 Å². The van der Waals surface area contributed by atoms with Gasteiger partial charge in [0.15, 0.2) is 0 Å². The molecule has 2 atom stereocenters. The lowest BCUT2D eigenvalue weighted by atomic mass is 9.78. The second kappa shape index (κ2) is 5.52. The Balaban J connectivity index is 2.14. The van der Waals surface area contributed by atoms with Crippen LogP contribution in [0.2, 0.25) is 0 Å². The number of carbonyl (C=O) groups excluding carboxylic acids is 3. The highest BCUT2D eigenvalue weighted by Gasteiger charge is 2.48. The minimum atomic E-state index is -0.857. The zero-order chi connectivity index (χ0) is 16.9. The van der Waals surface area contributed by atoms with Gasteiger partial charge in [-0.3, -0.25) is 19.4 Å². The van der Waals surface area contributed by atoms with E-state index in [1.807, 2.05) is 0 Å². The topological polar surface area (TPSA) is 70.1 Å². The van der Waals surface area contributed by atoms with Crippen molar-refractivity contribution in [2.75, 3.05) is 14.1 Å². The van der Waals surface area contributed by atoms with E-state index in [0.29, 0.717) is 4.47 Å². The molecule has 0 spiro atoms. The summed E-state index contributed by atoms with van der Waals surface area (Å²) in [6.45, 7) is 0. The molecule has 2 heterocycles. The molecule has 23 heavy (non-hydrogen) atoms.